The van der Waals surface area contributed by atoms with Crippen molar-refractivity contribution in [2.45, 2.75) is 19.4 Å². The third-order valence-electron chi connectivity index (χ3n) is 4.76. The monoisotopic (exact) mass is 458 g/mol. The highest BCUT2D eigenvalue weighted by Crippen LogP contribution is 2.41. The van der Waals surface area contributed by atoms with E-state index in [1.54, 1.807) is 19.1 Å². The minimum absolute atomic E-state index is 0.132. The van der Waals surface area contributed by atoms with E-state index >= 15 is 0 Å². The van der Waals surface area contributed by atoms with Crippen LogP contribution in [0.4, 0.5) is 4.79 Å². The average Bonchev–Trinajstić information content (AvgIpc) is 3.14. The number of carbonyl (C=O) groups is 2. The van der Waals surface area contributed by atoms with Gasteiger partial charge in [-0.05, 0) is 30.2 Å². The number of fused-ring (bicyclic) bond motifs is 1. The van der Waals surface area contributed by atoms with E-state index in [0.717, 1.165) is 5.56 Å². The second kappa shape index (κ2) is 8.16. The Labute approximate surface area is 176 Å². The second-order valence-corrected chi connectivity index (χ2v) is 7.52. The number of hydrogen-bond donors (Lipinski definition) is 2. The minimum Gasteiger partial charge on any atom is -0.462 e. The van der Waals surface area contributed by atoms with E-state index in [-0.39, 0.29) is 13.4 Å². The van der Waals surface area contributed by atoms with Gasteiger partial charge in [-0.1, -0.05) is 46.3 Å². The first-order valence-corrected chi connectivity index (χ1v) is 9.90. The van der Waals surface area contributed by atoms with Gasteiger partial charge in [0.1, 0.15) is 0 Å². The van der Waals surface area contributed by atoms with Crippen molar-refractivity contribution in [1.82, 2.24) is 10.6 Å². The van der Waals surface area contributed by atoms with Gasteiger partial charge in [-0.3, -0.25) is 0 Å². The Balaban J connectivity index is 1.57. The topological polar surface area (TPSA) is 85.9 Å². The molecule has 2 amide bonds. The Morgan fingerprint density at radius 2 is 1.93 bits per heavy atom. The summed E-state index contributed by atoms with van der Waals surface area (Å²) >= 11 is 3.50. The lowest BCUT2D eigenvalue weighted by Gasteiger charge is -2.29. The first kappa shape index (κ1) is 19.3. The van der Waals surface area contributed by atoms with Crippen LogP contribution in [0, 0.1) is 0 Å². The molecule has 0 radical (unpaired) electrons. The van der Waals surface area contributed by atoms with Crippen molar-refractivity contribution in [3.63, 3.8) is 0 Å². The van der Waals surface area contributed by atoms with E-state index in [2.05, 4.69) is 26.6 Å². The van der Waals surface area contributed by atoms with E-state index < -0.39 is 18.0 Å². The number of halogens is 1. The van der Waals surface area contributed by atoms with Gasteiger partial charge in [0, 0.05) is 16.6 Å². The Morgan fingerprint density at radius 1 is 1.21 bits per heavy atom. The number of esters is 1. The summed E-state index contributed by atoms with van der Waals surface area (Å²) in [6.45, 7) is 2.05. The van der Waals surface area contributed by atoms with Crippen LogP contribution in [-0.2, 0) is 16.0 Å². The number of amides is 2. The van der Waals surface area contributed by atoms with Crippen LogP contribution >= 0.6 is 15.9 Å². The number of urea groups is 1. The molecule has 0 aromatic heterocycles. The quantitative estimate of drug-likeness (QED) is 0.668. The van der Waals surface area contributed by atoms with Crippen LogP contribution in [0.5, 0.6) is 11.5 Å². The molecule has 2 N–H and O–H groups in total. The highest BCUT2D eigenvalue weighted by atomic mass is 79.9. The summed E-state index contributed by atoms with van der Waals surface area (Å²) in [5.74, 6) is 0.680. The molecule has 29 heavy (non-hydrogen) atoms. The van der Waals surface area contributed by atoms with Gasteiger partial charge in [0.15, 0.2) is 11.5 Å². The molecule has 2 aliphatic rings. The SMILES string of the molecule is CC1=C(C(=O)OCCc2ccccc2)[C@@H](c2cc3c(cc2Br)OCO3)NC(=O)N1. The summed E-state index contributed by atoms with van der Waals surface area (Å²) in [6, 6.07) is 12.2. The molecule has 0 unspecified atom stereocenters. The largest absolute Gasteiger partial charge is 0.462 e. The molecule has 0 saturated heterocycles. The minimum atomic E-state index is -0.683. The standard InChI is InChI=1S/C21H19BrN2O5/c1-12-18(20(25)27-8-7-13-5-3-2-4-6-13)19(24-21(26)23-12)14-9-16-17(10-15(14)22)29-11-28-16/h2-6,9-10,19H,7-8,11H2,1H3,(H2,23,24,26)/t19-/m1/s1. The molecule has 0 bridgehead atoms. The molecule has 4 rings (SSSR count). The predicted molar refractivity (Wildman–Crippen MR) is 108 cm³/mol. The molecule has 150 valence electrons. The van der Waals surface area contributed by atoms with E-state index in [0.29, 0.717) is 39.2 Å². The number of rotatable bonds is 5. The van der Waals surface area contributed by atoms with Gasteiger partial charge < -0.3 is 24.8 Å². The summed E-state index contributed by atoms with van der Waals surface area (Å²) in [7, 11) is 0. The normalized spacial score (nSPS) is 17.6. The molecular weight excluding hydrogens is 440 g/mol. The third-order valence-corrected chi connectivity index (χ3v) is 5.45. The van der Waals surface area contributed by atoms with Crippen molar-refractivity contribution < 1.29 is 23.8 Å². The number of carbonyl (C=O) groups excluding carboxylic acids is 2. The predicted octanol–water partition coefficient (Wildman–Crippen LogP) is 3.59. The van der Waals surface area contributed by atoms with E-state index in [9.17, 15) is 9.59 Å². The number of ether oxygens (including phenoxy) is 3. The fourth-order valence-corrected chi connectivity index (χ4v) is 3.89. The lowest BCUT2D eigenvalue weighted by molar-refractivity contribution is -0.139. The van der Waals surface area contributed by atoms with E-state index in [1.807, 2.05) is 30.3 Å². The Hall–Kier alpha value is -3.00. The first-order valence-electron chi connectivity index (χ1n) is 9.11. The average molecular weight is 459 g/mol. The number of benzene rings is 2. The molecule has 1 atom stereocenters. The van der Waals surface area contributed by atoms with Crippen LogP contribution in [0.1, 0.15) is 24.1 Å². The Kier molecular flexibility index (Phi) is 5.44. The fraction of sp³-hybridized carbons (Fsp3) is 0.238. The molecule has 2 aromatic carbocycles. The summed E-state index contributed by atoms with van der Waals surface area (Å²) in [5.41, 5.74) is 2.56. The van der Waals surface area contributed by atoms with Crippen molar-refractivity contribution in [1.29, 1.82) is 0 Å². The van der Waals surface area contributed by atoms with Crippen LogP contribution in [-0.4, -0.2) is 25.4 Å². The number of nitrogens with one attached hydrogen (secondary N) is 2. The smallest absolute Gasteiger partial charge is 0.338 e. The third kappa shape index (κ3) is 4.07. The van der Waals surface area contributed by atoms with Gasteiger partial charge in [-0.15, -0.1) is 0 Å². The molecule has 0 aliphatic carbocycles. The van der Waals surface area contributed by atoms with E-state index in [4.69, 9.17) is 14.2 Å². The molecule has 8 heteroatoms. The first-order chi connectivity index (χ1) is 14.0. The van der Waals surface area contributed by atoms with Gasteiger partial charge in [0.05, 0.1) is 18.2 Å². The fourth-order valence-electron chi connectivity index (χ4n) is 3.34. The summed E-state index contributed by atoms with van der Waals surface area (Å²) in [4.78, 5) is 25.0. The van der Waals surface area contributed by atoms with Crippen molar-refractivity contribution in [3.8, 4) is 11.5 Å². The van der Waals surface area contributed by atoms with Gasteiger partial charge >= 0.3 is 12.0 Å². The van der Waals surface area contributed by atoms with Gasteiger partial charge in [-0.25, -0.2) is 9.59 Å². The van der Waals surface area contributed by atoms with E-state index in [1.165, 1.54) is 0 Å². The molecule has 2 aromatic rings. The zero-order valence-corrected chi connectivity index (χ0v) is 17.2. The van der Waals surface area contributed by atoms with Crippen LogP contribution in [0.25, 0.3) is 0 Å². The molecule has 7 nitrogen and oxygen atoms in total. The van der Waals surface area contributed by atoms with Crippen molar-refractivity contribution >= 4 is 27.9 Å². The van der Waals surface area contributed by atoms with Crippen molar-refractivity contribution in [3.05, 3.63) is 69.3 Å². The number of hydrogen-bond acceptors (Lipinski definition) is 5. The number of allylic oxidation sites excluding steroid dienone is 1. The molecular formula is C21H19BrN2O5. The van der Waals surface area contributed by atoms with Crippen LogP contribution in [0.3, 0.4) is 0 Å². The molecule has 0 saturated carbocycles. The molecule has 0 spiro atoms. The highest BCUT2D eigenvalue weighted by Gasteiger charge is 2.34. The maximum absolute atomic E-state index is 12.9. The molecule has 2 aliphatic heterocycles. The molecule has 0 fully saturated rings. The maximum atomic E-state index is 12.9. The van der Waals surface area contributed by atoms with Crippen LogP contribution in [0.2, 0.25) is 0 Å². The summed E-state index contributed by atoms with van der Waals surface area (Å²) < 4.78 is 17.0. The Morgan fingerprint density at radius 3 is 2.69 bits per heavy atom. The Bertz CT molecular complexity index is 990. The lowest BCUT2D eigenvalue weighted by atomic mass is 9.95. The van der Waals surface area contributed by atoms with Crippen molar-refractivity contribution in [2.24, 2.45) is 0 Å². The van der Waals surface area contributed by atoms with Gasteiger partial charge in [-0.2, -0.15) is 0 Å². The highest BCUT2D eigenvalue weighted by molar-refractivity contribution is 9.10. The van der Waals surface area contributed by atoms with Crippen LogP contribution < -0.4 is 20.1 Å². The zero-order valence-electron chi connectivity index (χ0n) is 15.7. The lowest BCUT2D eigenvalue weighted by Crippen LogP contribution is -2.45. The van der Waals surface area contributed by atoms with Crippen LogP contribution in [0.15, 0.2) is 58.2 Å². The summed E-state index contributed by atoms with van der Waals surface area (Å²) in [5, 5.41) is 5.45. The second-order valence-electron chi connectivity index (χ2n) is 6.67. The van der Waals surface area contributed by atoms with Gasteiger partial charge in [0.25, 0.3) is 0 Å². The van der Waals surface area contributed by atoms with Gasteiger partial charge in [0.2, 0.25) is 6.79 Å². The zero-order chi connectivity index (χ0) is 20.4. The summed E-state index contributed by atoms with van der Waals surface area (Å²) in [6.07, 6.45) is 0.608. The maximum Gasteiger partial charge on any atom is 0.338 e. The van der Waals surface area contributed by atoms with Crippen molar-refractivity contribution in [2.75, 3.05) is 13.4 Å². The molecule has 2 heterocycles.